The summed E-state index contributed by atoms with van der Waals surface area (Å²) in [4.78, 5) is 37.3. The van der Waals surface area contributed by atoms with Crippen molar-refractivity contribution in [1.82, 2.24) is 4.98 Å². The molecule has 0 radical (unpaired) electrons. The number of halogens is 1. The van der Waals surface area contributed by atoms with E-state index in [1.54, 1.807) is 66.8 Å². The number of nitrogen functional groups attached to an aromatic ring is 3. The van der Waals surface area contributed by atoms with Crippen molar-refractivity contribution in [1.29, 1.82) is 10.5 Å². The zero-order valence-corrected chi connectivity index (χ0v) is 49.9. The highest BCUT2D eigenvalue weighted by atomic mass is 35.5. The van der Waals surface area contributed by atoms with Gasteiger partial charge in [-0.1, -0.05) is 174 Å². The molecule has 21 heteroatoms. The van der Waals surface area contributed by atoms with Crippen LogP contribution in [-0.2, 0) is 6.42 Å². The molecule has 0 aliphatic heterocycles. The first-order valence-electron chi connectivity index (χ1n) is 24.2. The summed E-state index contributed by atoms with van der Waals surface area (Å²) in [6.45, 7) is 31.9. The molecule has 7 aromatic rings. The predicted octanol–water partition coefficient (Wildman–Crippen LogP) is 17.1. The lowest BCUT2D eigenvalue weighted by molar-refractivity contribution is -0.387. The maximum Gasteiger partial charge on any atom is 0.298 e. The minimum atomic E-state index is -0.512. The minimum absolute atomic E-state index is 0.0139. The second-order valence-corrected chi connectivity index (χ2v) is 13.9. The normalized spacial score (nSPS) is 7.87. The van der Waals surface area contributed by atoms with Crippen LogP contribution in [0.25, 0.3) is 15.1 Å². The number of aliphatic hydroxyl groups excluding tert-OH is 1. The molecule has 6 aromatic carbocycles. The smallest absolute Gasteiger partial charge is 0.298 e. The van der Waals surface area contributed by atoms with Crippen LogP contribution in [0.4, 0.5) is 34.1 Å². The number of nitriles is 2. The number of para-hydroxylation sites is 7. The maximum absolute atomic E-state index is 10.2. The third-order valence-corrected chi connectivity index (χ3v) is 8.86. The van der Waals surface area contributed by atoms with Crippen molar-refractivity contribution in [3.05, 3.63) is 203 Å². The molecular weight excluding hydrogens is 1060 g/mol. The van der Waals surface area contributed by atoms with Crippen LogP contribution in [0.3, 0.4) is 0 Å². The molecule has 7 N–H and O–H groups in total. The van der Waals surface area contributed by atoms with Crippen LogP contribution in [0.1, 0.15) is 95.0 Å². The largest absolute Gasteiger partial charge is 0.399 e. The highest BCUT2D eigenvalue weighted by Gasteiger charge is 2.09. The summed E-state index contributed by atoms with van der Waals surface area (Å²) in [5.74, 6) is 0. The highest BCUT2D eigenvalue weighted by molar-refractivity contribution is 7.80. The second-order valence-electron chi connectivity index (χ2n) is 11.4. The van der Waals surface area contributed by atoms with Crippen LogP contribution >= 0.6 is 48.2 Å². The topological polar surface area (TPSA) is 293 Å². The first-order chi connectivity index (χ1) is 37.1. The molecule has 0 amide bonds. The molecule has 0 aliphatic rings. The fourth-order valence-electron chi connectivity index (χ4n) is 3.91. The Hall–Kier alpha value is -7.77. The number of anilines is 3. The third-order valence-electron chi connectivity index (χ3n) is 6.72. The molecule has 1 heterocycles. The van der Waals surface area contributed by atoms with Crippen LogP contribution < -0.4 is 17.2 Å². The molecule has 0 aliphatic carbocycles. The Labute approximate surface area is 477 Å². The number of rotatable bonds is 4. The molecule has 7 rings (SSSR count). The number of nitrogens with zero attached hydrogens (tertiary/aromatic N) is 7. The third kappa shape index (κ3) is 46.5. The van der Waals surface area contributed by atoms with Crippen LogP contribution in [0, 0.1) is 59.6 Å². The molecule has 0 saturated heterocycles. The monoisotopic (exact) mass is 1130 g/mol. The van der Waals surface area contributed by atoms with E-state index in [1.165, 1.54) is 30.3 Å². The highest BCUT2D eigenvalue weighted by Crippen LogP contribution is 2.23. The van der Waals surface area contributed by atoms with Gasteiger partial charge in [0.2, 0.25) is 0 Å². The molecule has 0 fully saturated rings. The molecule has 0 unspecified atom stereocenters. The zero-order chi connectivity index (χ0) is 61.0. The fourth-order valence-corrected chi connectivity index (χ4v) is 5.42. The van der Waals surface area contributed by atoms with E-state index in [-0.39, 0.29) is 40.9 Å². The van der Waals surface area contributed by atoms with Crippen molar-refractivity contribution in [2.45, 2.75) is 106 Å². The number of aliphatic hydroxyl groups is 1. The van der Waals surface area contributed by atoms with Gasteiger partial charge in [-0.2, -0.15) is 10.5 Å². The Morgan fingerprint density at radius 3 is 1.25 bits per heavy atom. The van der Waals surface area contributed by atoms with Gasteiger partial charge in [0.1, 0.15) is 21.8 Å². The minimum Gasteiger partial charge on any atom is -0.399 e. The van der Waals surface area contributed by atoms with Crippen LogP contribution in [0.15, 0.2) is 161 Å². The Kier molecular flexibility index (Phi) is 67.6. The van der Waals surface area contributed by atoms with E-state index in [0.29, 0.717) is 11.3 Å². The number of nitrogens with two attached hydrogens (primary N) is 3. The van der Waals surface area contributed by atoms with Gasteiger partial charge in [-0.15, -0.1) is 36.6 Å². The Bertz CT molecular complexity index is 2450. The molecule has 1 aromatic heterocycles. The number of benzene rings is 6. The van der Waals surface area contributed by atoms with Crippen molar-refractivity contribution in [2.24, 2.45) is 0 Å². The lowest BCUT2D eigenvalue weighted by Gasteiger charge is -1.92. The molecule has 77 heavy (non-hydrogen) atoms. The summed E-state index contributed by atoms with van der Waals surface area (Å²) in [6.07, 6.45) is 0.416. The molecule has 420 valence electrons. The van der Waals surface area contributed by atoms with E-state index in [1.807, 2.05) is 162 Å². The molecule has 17 nitrogen and oxygen atoms in total. The van der Waals surface area contributed by atoms with Gasteiger partial charge >= 0.3 is 0 Å². The summed E-state index contributed by atoms with van der Waals surface area (Å²) in [5, 5.41) is 55.2. The van der Waals surface area contributed by atoms with E-state index in [0.717, 1.165) is 31.5 Å². The first kappa shape index (κ1) is 83.2. The van der Waals surface area contributed by atoms with Crippen molar-refractivity contribution >= 4 is 92.5 Å². The SMILES string of the molecule is CC.CC.CC.CC.CC.CC.CCO.N#CCc1nc2ccccc2s1.Nc1ccccc1.Nc1ccccc1S.Nc1ccccc1[N+](=O)[O-].O=[N+]([O-])c1ccccc1Cl.O=[N+]([O-])c1ccccc1S.[C-]#[N+]CC#N. The van der Waals surface area contributed by atoms with Crippen molar-refractivity contribution in [3.8, 4) is 12.1 Å². The number of nitro benzene ring substituents is 3. The summed E-state index contributed by atoms with van der Waals surface area (Å²) in [5.41, 5.74) is 18.8. The van der Waals surface area contributed by atoms with Gasteiger partial charge in [-0.3, -0.25) is 30.3 Å². The number of thiol groups is 2. The number of nitro groups is 3. The number of thiazole rings is 1. The first-order valence-corrected chi connectivity index (χ1v) is 26.3. The molecular formula is C56H79ClN10O7S3. The molecule has 0 saturated carbocycles. The molecule has 0 spiro atoms. The van der Waals surface area contributed by atoms with E-state index in [9.17, 15) is 30.3 Å². The van der Waals surface area contributed by atoms with Gasteiger partial charge in [-0.25, -0.2) is 11.6 Å². The van der Waals surface area contributed by atoms with E-state index < -0.39 is 14.8 Å². The zero-order valence-electron chi connectivity index (χ0n) is 46.5. The Morgan fingerprint density at radius 2 is 0.961 bits per heavy atom. The van der Waals surface area contributed by atoms with Gasteiger partial charge in [0, 0.05) is 41.1 Å². The van der Waals surface area contributed by atoms with Crippen molar-refractivity contribution < 1.29 is 19.9 Å². The summed E-state index contributed by atoms with van der Waals surface area (Å²) >= 11 is 15.0. The van der Waals surface area contributed by atoms with Gasteiger partial charge in [0.15, 0.2) is 0 Å². The van der Waals surface area contributed by atoms with Crippen LogP contribution in [-0.4, -0.2) is 38.0 Å². The van der Waals surface area contributed by atoms with E-state index in [4.69, 9.17) is 51.0 Å². The van der Waals surface area contributed by atoms with Gasteiger partial charge in [0.25, 0.3) is 23.6 Å². The maximum atomic E-state index is 10.2. The van der Waals surface area contributed by atoms with Crippen LogP contribution in [0.5, 0.6) is 0 Å². The quantitative estimate of drug-likeness (QED) is 0.0239. The molecule has 0 bridgehead atoms. The molecule has 0 atom stereocenters. The second kappa shape index (κ2) is 62.5. The van der Waals surface area contributed by atoms with E-state index in [2.05, 4.69) is 41.2 Å². The average molecular weight is 1140 g/mol. The number of hydrogen-bond donors (Lipinski definition) is 6. The number of hydrogen-bond acceptors (Lipinski definition) is 16. The lowest BCUT2D eigenvalue weighted by atomic mass is 10.3. The van der Waals surface area contributed by atoms with Crippen LogP contribution in [0.2, 0.25) is 5.02 Å². The summed E-state index contributed by atoms with van der Waals surface area (Å²) in [7, 11) is 0. The van der Waals surface area contributed by atoms with Gasteiger partial charge in [-0.05, 0) is 61.5 Å². The Morgan fingerprint density at radius 1 is 0.584 bits per heavy atom. The van der Waals surface area contributed by atoms with Crippen molar-refractivity contribution in [2.75, 3.05) is 30.4 Å². The van der Waals surface area contributed by atoms with Crippen molar-refractivity contribution in [3.63, 3.8) is 0 Å². The number of aromatic nitrogens is 1. The Balaban J connectivity index is -0.000000144. The average Bonchev–Trinajstić information content (AvgIpc) is 3.88. The summed E-state index contributed by atoms with van der Waals surface area (Å²) < 4.78 is 1.16. The summed E-state index contributed by atoms with van der Waals surface area (Å²) in [6, 6.07) is 47.1. The lowest BCUT2D eigenvalue weighted by Crippen LogP contribution is -1.93. The van der Waals surface area contributed by atoms with Gasteiger partial charge in [0.05, 0.1) is 42.4 Å². The number of fused-ring (bicyclic) bond motifs is 1. The van der Waals surface area contributed by atoms with E-state index >= 15 is 0 Å². The fraction of sp³-hybridized carbons (Fsp3) is 0.286. The predicted molar refractivity (Wildman–Crippen MR) is 332 cm³/mol. The van der Waals surface area contributed by atoms with Gasteiger partial charge < -0.3 is 27.2 Å². The standard InChI is InChI=1S/C9H6N2S.C6H4ClNO2.C6H6N2O2.C6H5NO2S.C6H7NS.C6H7N.C3H2N2.C2H6O.6C2H6/c10-6-5-9-11-7-3-1-2-4-8(7)12-9;2*7-5-3-1-2-4-6(5)8(9)10;8-7(9)5-3-1-2-4-6(5)10;7-5-3-1-2-4-6(5)8;7-6-4-2-1-3-5-6;1-5-3-2-4;1-2-3;6*1-2/h1-4H,5H2;1-4H;1-4H,7H2;1-4,10H;1-4,8H,7H2;1-5H,7H2;3H2;3H,2H2,1H3;6*1-2H3.